The lowest BCUT2D eigenvalue weighted by Crippen LogP contribution is -2.14. The van der Waals surface area contributed by atoms with Gasteiger partial charge in [0.05, 0.1) is 12.2 Å². The van der Waals surface area contributed by atoms with Crippen molar-refractivity contribution in [2.45, 2.75) is 55.5 Å². The van der Waals surface area contributed by atoms with E-state index in [0.717, 1.165) is 44.5 Å². The molecule has 0 fully saturated rings. The highest BCUT2D eigenvalue weighted by Crippen LogP contribution is 2.39. The van der Waals surface area contributed by atoms with Crippen molar-refractivity contribution in [1.82, 2.24) is 0 Å². The molecule has 0 bridgehead atoms. The van der Waals surface area contributed by atoms with Crippen LogP contribution in [0.5, 0.6) is 5.75 Å². The predicted octanol–water partition coefficient (Wildman–Crippen LogP) is 8.62. The van der Waals surface area contributed by atoms with Crippen LogP contribution >= 0.6 is 34.9 Å². The van der Waals surface area contributed by atoms with E-state index in [1.54, 1.807) is 42.2 Å². The van der Waals surface area contributed by atoms with Gasteiger partial charge in [-0.2, -0.15) is 24.9 Å². The molecule has 0 unspecified atom stereocenters. The molecule has 0 aliphatic carbocycles. The van der Waals surface area contributed by atoms with Gasteiger partial charge in [0, 0.05) is 26.2 Å². The van der Waals surface area contributed by atoms with Gasteiger partial charge in [-0.25, -0.2) is 4.79 Å². The maximum absolute atomic E-state index is 13.0. The first-order chi connectivity index (χ1) is 17.1. The van der Waals surface area contributed by atoms with Crippen LogP contribution in [-0.4, -0.2) is 24.4 Å². The molecule has 0 aliphatic heterocycles. The Morgan fingerprint density at radius 1 is 1.06 bits per heavy atom. The number of thioether (sulfide) groups is 2. The van der Waals surface area contributed by atoms with E-state index in [0.29, 0.717) is 17.6 Å². The van der Waals surface area contributed by atoms with Gasteiger partial charge in [0.25, 0.3) is 0 Å². The minimum absolute atomic E-state index is 0.125. The summed E-state index contributed by atoms with van der Waals surface area (Å²) in [6.45, 7) is 8.18. The summed E-state index contributed by atoms with van der Waals surface area (Å²) in [4.78, 5) is 14.8. The Morgan fingerprint density at radius 3 is 2.39 bits per heavy atom. The lowest BCUT2D eigenvalue weighted by atomic mass is 10.1. The van der Waals surface area contributed by atoms with Crippen molar-refractivity contribution in [2.75, 3.05) is 13.2 Å². The molecule has 0 amide bonds. The third kappa shape index (κ3) is 8.21. The van der Waals surface area contributed by atoms with Gasteiger partial charge in [0.15, 0.2) is 6.61 Å². The number of carbonyl (C=O) groups is 1. The Labute approximate surface area is 222 Å². The fourth-order valence-corrected chi connectivity index (χ4v) is 6.46. The summed E-state index contributed by atoms with van der Waals surface area (Å²) in [5.74, 6) is 1.84. The zero-order chi connectivity index (χ0) is 26.3. The number of benzene rings is 2. The number of esters is 1. The Bertz CT molecular complexity index is 1160. The third-order valence-corrected chi connectivity index (χ3v) is 8.71. The molecule has 0 N–H and O–H groups in total. The van der Waals surface area contributed by atoms with Crippen LogP contribution in [0.4, 0.5) is 13.2 Å². The van der Waals surface area contributed by atoms with Crippen LogP contribution in [0.1, 0.15) is 42.3 Å². The molecule has 0 atom stereocenters. The largest absolute Gasteiger partial charge is 0.482 e. The molecule has 3 nitrogen and oxygen atoms in total. The minimum atomic E-state index is -4.34. The third-order valence-electron chi connectivity index (χ3n) is 5.13. The molecule has 1 aromatic heterocycles. The van der Waals surface area contributed by atoms with Gasteiger partial charge in [-0.1, -0.05) is 26.0 Å². The lowest BCUT2D eigenvalue weighted by Gasteiger charge is -2.10. The predicted molar refractivity (Wildman–Crippen MR) is 144 cm³/mol. The molecule has 36 heavy (non-hydrogen) atoms. The number of hydrogen-bond acceptors (Lipinski definition) is 6. The summed E-state index contributed by atoms with van der Waals surface area (Å²) in [6, 6.07) is 13.3. The number of hydrogen-bond donors (Lipinski definition) is 0. The van der Waals surface area contributed by atoms with Crippen molar-refractivity contribution >= 4 is 40.8 Å². The zero-order valence-corrected chi connectivity index (χ0v) is 23.1. The number of aryl methyl sites for hydroxylation is 1. The van der Waals surface area contributed by atoms with Crippen LogP contribution in [-0.2, 0) is 27.2 Å². The fourth-order valence-electron chi connectivity index (χ4n) is 3.29. The van der Waals surface area contributed by atoms with E-state index >= 15 is 0 Å². The quantitative estimate of drug-likeness (QED) is 0.175. The Kier molecular flexibility index (Phi) is 10.2. The molecule has 2 aromatic carbocycles. The summed E-state index contributed by atoms with van der Waals surface area (Å²) in [5.41, 5.74) is 2.29. The zero-order valence-electron chi connectivity index (χ0n) is 20.6. The molecule has 0 saturated carbocycles. The van der Waals surface area contributed by atoms with Gasteiger partial charge in [-0.15, -0.1) is 23.1 Å². The summed E-state index contributed by atoms with van der Waals surface area (Å²) in [7, 11) is 0. The van der Waals surface area contributed by atoms with Gasteiger partial charge >= 0.3 is 12.1 Å². The second kappa shape index (κ2) is 12.9. The van der Waals surface area contributed by atoms with Crippen LogP contribution in [0.25, 0.3) is 10.4 Å². The monoisotopic (exact) mass is 554 g/mol. The smallest absolute Gasteiger partial charge is 0.416 e. The first kappa shape index (κ1) is 28.5. The lowest BCUT2D eigenvalue weighted by molar-refractivity contribution is -0.145. The highest BCUT2D eigenvalue weighted by atomic mass is 32.2. The summed E-state index contributed by atoms with van der Waals surface area (Å²) in [6.07, 6.45) is -4.34. The van der Waals surface area contributed by atoms with Crippen molar-refractivity contribution in [2.24, 2.45) is 0 Å². The van der Waals surface area contributed by atoms with Crippen molar-refractivity contribution in [3.63, 3.8) is 0 Å². The van der Waals surface area contributed by atoms with Crippen molar-refractivity contribution in [3.05, 3.63) is 70.1 Å². The topological polar surface area (TPSA) is 35.5 Å². The van der Waals surface area contributed by atoms with Crippen LogP contribution in [0.15, 0.2) is 53.4 Å². The number of rotatable bonds is 11. The molecule has 9 heteroatoms. The Morgan fingerprint density at radius 2 is 1.78 bits per heavy atom. The van der Waals surface area contributed by atoms with Crippen molar-refractivity contribution in [3.8, 4) is 16.2 Å². The SMILES string of the molecule is CCOC(=O)COc1ccc(SCc2sc(-c3ccc(C(F)(F)F)cc3)cc2CSC(C)C)cc1C. The number of ether oxygens (including phenoxy) is 2. The first-order valence-corrected chi connectivity index (χ1v) is 14.3. The van der Waals surface area contributed by atoms with E-state index < -0.39 is 17.7 Å². The van der Waals surface area contributed by atoms with E-state index in [4.69, 9.17) is 9.47 Å². The Balaban J connectivity index is 1.73. The second-order valence-electron chi connectivity index (χ2n) is 8.30. The molecule has 1 heterocycles. The maximum atomic E-state index is 13.0. The minimum Gasteiger partial charge on any atom is -0.482 e. The standard InChI is InChI=1S/C27H29F3O3S3/c1-5-32-26(31)14-33-23-11-10-22(12-18(23)4)35-16-25-20(15-34-17(2)3)13-24(36-25)19-6-8-21(9-7-19)27(28,29)30/h6-13,17H,5,14-16H2,1-4H3. The average Bonchev–Trinajstić information content (AvgIpc) is 3.23. The highest BCUT2D eigenvalue weighted by molar-refractivity contribution is 7.99. The molecular weight excluding hydrogens is 525 g/mol. The Hall–Kier alpha value is -2.10. The van der Waals surface area contributed by atoms with Gasteiger partial charge in [0.1, 0.15) is 5.75 Å². The molecule has 3 aromatic rings. The summed E-state index contributed by atoms with van der Waals surface area (Å²) < 4.78 is 49.3. The summed E-state index contributed by atoms with van der Waals surface area (Å²) >= 11 is 5.17. The van der Waals surface area contributed by atoms with Gasteiger partial charge < -0.3 is 9.47 Å². The molecular formula is C27H29F3O3S3. The van der Waals surface area contributed by atoms with E-state index in [9.17, 15) is 18.0 Å². The molecule has 3 rings (SSSR count). The fraction of sp³-hybridized carbons (Fsp3) is 0.370. The second-order valence-corrected chi connectivity index (χ2v) is 12.1. The van der Waals surface area contributed by atoms with Gasteiger partial charge in [0.2, 0.25) is 0 Å². The molecule has 194 valence electrons. The van der Waals surface area contributed by atoms with Gasteiger partial charge in [-0.05, 0) is 72.2 Å². The average molecular weight is 555 g/mol. The number of thiophene rings is 1. The van der Waals surface area contributed by atoms with Crippen LogP contribution < -0.4 is 4.74 Å². The number of alkyl halides is 3. The van der Waals surface area contributed by atoms with E-state index in [1.165, 1.54) is 10.4 Å². The van der Waals surface area contributed by atoms with Crippen LogP contribution in [0.3, 0.4) is 0 Å². The normalized spacial score (nSPS) is 11.7. The first-order valence-electron chi connectivity index (χ1n) is 11.5. The van der Waals surface area contributed by atoms with Crippen LogP contribution in [0, 0.1) is 6.92 Å². The molecule has 0 aliphatic rings. The van der Waals surface area contributed by atoms with Gasteiger partial charge in [-0.3, -0.25) is 0 Å². The van der Waals surface area contributed by atoms with E-state index in [2.05, 4.69) is 19.9 Å². The van der Waals surface area contributed by atoms with E-state index in [1.807, 2.05) is 36.9 Å². The highest BCUT2D eigenvalue weighted by Gasteiger charge is 2.30. The molecule has 0 radical (unpaired) electrons. The number of halogens is 3. The van der Waals surface area contributed by atoms with E-state index in [-0.39, 0.29) is 6.61 Å². The summed E-state index contributed by atoms with van der Waals surface area (Å²) in [5, 5.41) is 0.477. The number of carbonyl (C=O) groups excluding carboxylic acids is 1. The maximum Gasteiger partial charge on any atom is 0.416 e. The van der Waals surface area contributed by atoms with Crippen molar-refractivity contribution < 1.29 is 27.4 Å². The molecule has 0 saturated heterocycles. The molecule has 0 spiro atoms. The van der Waals surface area contributed by atoms with Crippen molar-refractivity contribution in [1.29, 1.82) is 0 Å². The van der Waals surface area contributed by atoms with Crippen LogP contribution in [0.2, 0.25) is 0 Å².